The maximum atomic E-state index is 4.38. The molecule has 0 radical (unpaired) electrons. The van der Waals surface area contributed by atoms with Gasteiger partial charge in [0.05, 0.1) is 4.47 Å². The summed E-state index contributed by atoms with van der Waals surface area (Å²) in [7, 11) is 0. The van der Waals surface area contributed by atoms with Crippen molar-refractivity contribution < 1.29 is 0 Å². The van der Waals surface area contributed by atoms with Crippen LogP contribution in [0.1, 0.15) is 43.5 Å². The molecule has 2 saturated carbocycles. The summed E-state index contributed by atoms with van der Waals surface area (Å²) in [6, 6.07) is 0.601. The molecule has 0 N–H and O–H groups in total. The molecule has 0 saturated heterocycles. The second kappa shape index (κ2) is 4.56. The molecule has 19 heavy (non-hydrogen) atoms. The van der Waals surface area contributed by atoms with E-state index in [0.29, 0.717) is 12.0 Å². The van der Waals surface area contributed by atoms with Crippen molar-refractivity contribution in [3.8, 4) is 0 Å². The van der Waals surface area contributed by atoms with E-state index in [0.717, 1.165) is 14.8 Å². The standard InChI is InChI=1S/C12H12BrN5S/c13-8-5-14-11(15-6-8)19-12-17-16-10(7-1-2-7)18(12)9-3-4-9/h5-7,9H,1-4H2. The number of aromatic nitrogens is 5. The van der Waals surface area contributed by atoms with Gasteiger partial charge in [-0.1, -0.05) is 0 Å². The molecule has 0 atom stereocenters. The van der Waals surface area contributed by atoms with Crippen LogP contribution in [0.15, 0.2) is 27.2 Å². The molecule has 0 unspecified atom stereocenters. The third-order valence-corrected chi connectivity index (χ3v) is 4.59. The molecule has 0 aliphatic heterocycles. The van der Waals surface area contributed by atoms with Crippen LogP contribution in [-0.2, 0) is 0 Å². The first-order chi connectivity index (χ1) is 9.31. The third kappa shape index (κ3) is 2.41. The SMILES string of the molecule is Brc1cnc(Sc2nnc(C3CC3)n2C2CC2)nc1. The Bertz CT molecular complexity index is 603. The Kier molecular flexibility index (Phi) is 2.84. The topological polar surface area (TPSA) is 56.5 Å². The van der Waals surface area contributed by atoms with Gasteiger partial charge in [0.2, 0.25) is 0 Å². The highest BCUT2D eigenvalue weighted by atomic mass is 79.9. The van der Waals surface area contributed by atoms with Crippen molar-refractivity contribution in [2.75, 3.05) is 0 Å². The first kappa shape index (κ1) is 11.8. The van der Waals surface area contributed by atoms with E-state index >= 15 is 0 Å². The highest BCUT2D eigenvalue weighted by molar-refractivity contribution is 9.10. The third-order valence-electron chi connectivity index (χ3n) is 3.32. The van der Waals surface area contributed by atoms with Crippen LogP contribution in [0.2, 0.25) is 0 Å². The molecule has 2 aromatic rings. The Hall–Kier alpha value is -0.950. The fourth-order valence-corrected chi connectivity index (χ4v) is 3.09. The molecule has 7 heteroatoms. The minimum atomic E-state index is 0.601. The normalized spacial score (nSPS) is 18.8. The van der Waals surface area contributed by atoms with Crippen molar-refractivity contribution >= 4 is 27.7 Å². The minimum absolute atomic E-state index is 0.601. The Labute approximate surface area is 123 Å². The van der Waals surface area contributed by atoms with Crippen LogP contribution in [0.5, 0.6) is 0 Å². The summed E-state index contributed by atoms with van der Waals surface area (Å²) in [5.74, 6) is 1.80. The molecular formula is C12H12BrN5S. The largest absolute Gasteiger partial charge is 0.302 e. The zero-order valence-electron chi connectivity index (χ0n) is 10.2. The molecular weight excluding hydrogens is 326 g/mol. The van der Waals surface area contributed by atoms with E-state index in [4.69, 9.17) is 0 Å². The zero-order chi connectivity index (χ0) is 12.8. The predicted octanol–water partition coefficient (Wildman–Crippen LogP) is 3.19. The van der Waals surface area contributed by atoms with Crippen LogP contribution in [0.25, 0.3) is 0 Å². The van der Waals surface area contributed by atoms with Gasteiger partial charge in [0.25, 0.3) is 0 Å². The molecule has 0 amide bonds. The van der Waals surface area contributed by atoms with E-state index in [1.165, 1.54) is 43.3 Å². The van der Waals surface area contributed by atoms with E-state index in [1.54, 1.807) is 12.4 Å². The lowest BCUT2D eigenvalue weighted by atomic mass is 10.4. The maximum absolute atomic E-state index is 4.38. The zero-order valence-corrected chi connectivity index (χ0v) is 12.6. The second-order valence-electron chi connectivity index (χ2n) is 5.00. The maximum Gasteiger partial charge on any atom is 0.199 e. The van der Waals surface area contributed by atoms with Gasteiger partial charge in [0.15, 0.2) is 10.3 Å². The van der Waals surface area contributed by atoms with Gasteiger partial charge >= 0.3 is 0 Å². The fourth-order valence-electron chi connectivity index (χ4n) is 2.09. The van der Waals surface area contributed by atoms with Crippen molar-refractivity contribution in [1.82, 2.24) is 24.7 Å². The molecule has 2 aliphatic rings. The van der Waals surface area contributed by atoms with Crippen LogP contribution < -0.4 is 0 Å². The summed E-state index contributed by atoms with van der Waals surface area (Å²) in [6.45, 7) is 0. The molecule has 2 aromatic heterocycles. The summed E-state index contributed by atoms with van der Waals surface area (Å²) in [5, 5.41) is 10.4. The molecule has 0 spiro atoms. The van der Waals surface area contributed by atoms with Gasteiger partial charge in [0.1, 0.15) is 5.82 Å². The average Bonchev–Trinajstić information content (AvgIpc) is 3.32. The van der Waals surface area contributed by atoms with Crippen LogP contribution in [0.4, 0.5) is 0 Å². The van der Waals surface area contributed by atoms with Gasteiger partial charge in [-0.05, 0) is 53.4 Å². The number of rotatable bonds is 4. The van der Waals surface area contributed by atoms with Gasteiger partial charge in [-0.3, -0.25) is 0 Å². The minimum Gasteiger partial charge on any atom is -0.302 e. The van der Waals surface area contributed by atoms with Gasteiger partial charge in [-0.25, -0.2) is 9.97 Å². The highest BCUT2D eigenvalue weighted by Crippen LogP contribution is 2.46. The number of hydrogen-bond acceptors (Lipinski definition) is 5. The van der Waals surface area contributed by atoms with E-state index in [1.807, 2.05) is 0 Å². The van der Waals surface area contributed by atoms with Gasteiger partial charge < -0.3 is 4.57 Å². The molecule has 98 valence electrons. The number of hydrogen-bond donors (Lipinski definition) is 0. The van der Waals surface area contributed by atoms with E-state index in [2.05, 4.69) is 40.7 Å². The molecule has 2 fully saturated rings. The van der Waals surface area contributed by atoms with Crippen LogP contribution >= 0.6 is 27.7 Å². The molecule has 4 rings (SSSR count). The molecule has 5 nitrogen and oxygen atoms in total. The van der Waals surface area contributed by atoms with E-state index in [9.17, 15) is 0 Å². The van der Waals surface area contributed by atoms with E-state index in [-0.39, 0.29) is 0 Å². The highest BCUT2D eigenvalue weighted by Gasteiger charge is 2.36. The van der Waals surface area contributed by atoms with Crippen molar-refractivity contribution in [3.05, 3.63) is 22.7 Å². The van der Waals surface area contributed by atoms with Gasteiger partial charge in [-0.15, -0.1) is 10.2 Å². The molecule has 2 heterocycles. The van der Waals surface area contributed by atoms with Gasteiger partial charge in [-0.2, -0.15) is 0 Å². The Balaban J connectivity index is 1.65. The first-order valence-electron chi connectivity index (χ1n) is 6.41. The van der Waals surface area contributed by atoms with Crippen molar-refractivity contribution in [3.63, 3.8) is 0 Å². The smallest absolute Gasteiger partial charge is 0.199 e. The van der Waals surface area contributed by atoms with Crippen LogP contribution in [-0.4, -0.2) is 24.7 Å². The molecule has 2 aliphatic carbocycles. The number of halogens is 1. The summed E-state index contributed by atoms with van der Waals surface area (Å²) < 4.78 is 3.20. The Morgan fingerprint density at radius 1 is 1.11 bits per heavy atom. The van der Waals surface area contributed by atoms with Gasteiger partial charge in [0, 0.05) is 24.4 Å². The van der Waals surface area contributed by atoms with Crippen LogP contribution in [0.3, 0.4) is 0 Å². The van der Waals surface area contributed by atoms with Crippen molar-refractivity contribution in [2.45, 2.75) is 48.0 Å². The Morgan fingerprint density at radius 2 is 1.84 bits per heavy atom. The van der Waals surface area contributed by atoms with Crippen molar-refractivity contribution in [2.24, 2.45) is 0 Å². The monoisotopic (exact) mass is 337 g/mol. The molecule has 0 aromatic carbocycles. The summed E-state index contributed by atoms with van der Waals surface area (Å²) in [4.78, 5) is 8.58. The lowest BCUT2D eigenvalue weighted by molar-refractivity contribution is 0.626. The lowest BCUT2D eigenvalue weighted by Gasteiger charge is -2.07. The lowest BCUT2D eigenvalue weighted by Crippen LogP contribution is -2.02. The van der Waals surface area contributed by atoms with Crippen LogP contribution in [0, 0.1) is 0 Å². The Morgan fingerprint density at radius 3 is 2.47 bits per heavy atom. The molecule has 0 bridgehead atoms. The summed E-state index contributed by atoms with van der Waals surface area (Å²) in [6.07, 6.45) is 8.51. The van der Waals surface area contributed by atoms with Crippen molar-refractivity contribution in [1.29, 1.82) is 0 Å². The van der Waals surface area contributed by atoms with E-state index < -0.39 is 0 Å². The quantitative estimate of drug-likeness (QED) is 0.802. The first-order valence-corrected chi connectivity index (χ1v) is 8.02. The second-order valence-corrected chi connectivity index (χ2v) is 6.85. The summed E-state index contributed by atoms with van der Waals surface area (Å²) >= 11 is 4.85. The fraction of sp³-hybridized carbons (Fsp3) is 0.500. The average molecular weight is 338 g/mol. The predicted molar refractivity (Wildman–Crippen MR) is 74.1 cm³/mol. The number of nitrogens with zero attached hydrogens (tertiary/aromatic N) is 5. The summed E-state index contributed by atoms with van der Waals surface area (Å²) in [5.41, 5.74) is 0.